The summed E-state index contributed by atoms with van der Waals surface area (Å²) in [5.74, 6) is -0.762. The Labute approximate surface area is 109 Å². The zero-order chi connectivity index (χ0) is 13.8. The molecule has 0 aromatic rings. The normalized spacial score (nSPS) is 10.4. The summed E-state index contributed by atoms with van der Waals surface area (Å²) < 4.78 is 0. The molecule has 6 nitrogen and oxygen atoms in total. The molecule has 106 valence electrons. The highest BCUT2D eigenvalue weighted by Crippen LogP contribution is 1.98. The Hall–Kier alpha value is -1.30. The number of rotatable bonds is 10. The molecule has 0 radical (unpaired) electrons. The van der Waals surface area contributed by atoms with Gasteiger partial charge >= 0.3 is 12.0 Å². The first-order chi connectivity index (χ1) is 8.52. The van der Waals surface area contributed by atoms with E-state index < -0.39 is 5.97 Å². The number of nitrogens with one attached hydrogen (secondary N) is 2. The molecule has 0 spiro atoms. The largest absolute Gasteiger partial charge is 0.481 e. The Morgan fingerprint density at radius 3 is 2.17 bits per heavy atom. The summed E-state index contributed by atoms with van der Waals surface area (Å²) in [7, 11) is 3.99. The van der Waals surface area contributed by atoms with E-state index in [1.54, 1.807) is 0 Å². The van der Waals surface area contributed by atoms with Gasteiger partial charge in [0.25, 0.3) is 0 Å². The van der Waals surface area contributed by atoms with E-state index >= 15 is 0 Å². The van der Waals surface area contributed by atoms with Crippen molar-refractivity contribution in [3.05, 3.63) is 0 Å². The zero-order valence-electron chi connectivity index (χ0n) is 11.4. The Bertz CT molecular complexity index is 245. The fourth-order valence-electron chi connectivity index (χ4n) is 1.44. The summed E-state index contributed by atoms with van der Waals surface area (Å²) in [4.78, 5) is 23.6. The molecule has 0 aliphatic rings. The highest BCUT2D eigenvalue weighted by molar-refractivity contribution is 5.73. The monoisotopic (exact) mass is 259 g/mol. The van der Waals surface area contributed by atoms with E-state index in [4.69, 9.17) is 5.11 Å². The minimum absolute atomic E-state index is 0.146. The Morgan fingerprint density at radius 2 is 1.61 bits per heavy atom. The molecule has 0 fully saturated rings. The zero-order valence-corrected chi connectivity index (χ0v) is 11.4. The van der Waals surface area contributed by atoms with Crippen molar-refractivity contribution >= 4 is 12.0 Å². The second-order valence-corrected chi connectivity index (χ2v) is 4.54. The molecule has 3 N–H and O–H groups in total. The Kier molecular flexibility index (Phi) is 10.0. The van der Waals surface area contributed by atoms with E-state index in [0.29, 0.717) is 19.5 Å². The molecule has 0 bridgehead atoms. The molecular weight excluding hydrogens is 234 g/mol. The summed E-state index contributed by atoms with van der Waals surface area (Å²) in [5.41, 5.74) is 0. The second kappa shape index (κ2) is 10.8. The van der Waals surface area contributed by atoms with Crippen molar-refractivity contribution in [2.24, 2.45) is 0 Å². The second-order valence-electron chi connectivity index (χ2n) is 4.54. The molecule has 0 atom stereocenters. The van der Waals surface area contributed by atoms with Gasteiger partial charge in [-0.05, 0) is 39.9 Å². The van der Waals surface area contributed by atoms with Crippen molar-refractivity contribution in [1.29, 1.82) is 0 Å². The third-order valence-corrected chi connectivity index (χ3v) is 2.42. The van der Waals surface area contributed by atoms with Crippen LogP contribution in [-0.2, 0) is 4.79 Å². The van der Waals surface area contributed by atoms with Gasteiger partial charge in [-0.2, -0.15) is 0 Å². The molecule has 0 saturated carbocycles. The molecule has 6 heteroatoms. The number of amides is 2. The van der Waals surface area contributed by atoms with Crippen LogP contribution in [0.5, 0.6) is 0 Å². The predicted octanol–water partition coefficient (Wildman–Crippen LogP) is 0.882. The van der Waals surface area contributed by atoms with Crippen molar-refractivity contribution in [2.45, 2.75) is 32.1 Å². The highest BCUT2D eigenvalue weighted by Gasteiger charge is 2.00. The number of hydrogen-bond acceptors (Lipinski definition) is 3. The molecule has 0 aromatic heterocycles. The quantitative estimate of drug-likeness (QED) is 0.509. The van der Waals surface area contributed by atoms with Gasteiger partial charge in [-0.1, -0.05) is 6.42 Å². The fourth-order valence-corrected chi connectivity index (χ4v) is 1.44. The predicted molar refractivity (Wildman–Crippen MR) is 70.7 cm³/mol. The van der Waals surface area contributed by atoms with E-state index in [2.05, 4.69) is 15.5 Å². The van der Waals surface area contributed by atoms with Crippen LogP contribution < -0.4 is 10.6 Å². The first kappa shape index (κ1) is 16.7. The van der Waals surface area contributed by atoms with E-state index in [-0.39, 0.29) is 12.5 Å². The Balaban J connectivity index is 3.24. The molecule has 0 aliphatic heterocycles. The van der Waals surface area contributed by atoms with Gasteiger partial charge < -0.3 is 20.6 Å². The number of urea groups is 1. The van der Waals surface area contributed by atoms with Gasteiger partial charge in [0.1, 0.15) is 0 Å². The van der Waals surface area contributed by atoms with Crippen molar-refractivity contribution in [1.82, 2.24) is 15.5 Å². The molecule has 0 aliphatic carbocycles. The topological polar surface area (TPSA) is 81.7 Å². The standard InChI is InChI=1S/C12H25N3O3/c1-15(2)10-6-9-14-12(18)13-8-5-3-4-7-11(16)17/h3-10H2,1-2H3,(H,16,17)(H2,13,14,18). The lowest BCUT2D eigenvalue weighted by Gasteiger charge is -2.10. The van der Waals surface area contributed by atoms with E-state index in [1.807, 2.05) is 14.1 Å². The smallest absolute Gasteiger partial charge is 0.314 e. The molecule has 0 heterocycles. The average molecular weight is 259 g/mol. The number of nitrogens with zero attached hydrogens (tertiary/aromatic N) is 1. The highest BCUT2D eigenvalue weighted by atomic mass is 16.4. The van der Waals surface area contributed by atoms with Gasteiger partial charge in [-0.3, -0.25) is 4.79 Å². The van der Waals surface area contributed by atoms with Crippen LogP contribution in [0.2, 0.25) is 0 Å². The number of carbonyl (C=O) groups is 2. The number of carboxylic acid groups (broad SMARTS) is 1. The summed E-state index contributed by atoms with van der Waals surface area (Å²) in [6.45, 7) is 2.22. The van der Waals surface area contributed by atoms with Crippen molar-refractivity contribution < 1.29 is 14.7 Å². The van der Waals surface area contributed by atoms with Crippen LogP contribution in [0.4, 0.5) is 4.79 Å². The fraction of sp³-hybridized carbons (Fsp3) is 0.833. The summed E-state index contributed by atoms with van der Waals surface area (Å²) in [5, 5.41) is 14.0. The van der Waals surface area contributed by atoms with Crippen LogP contribution in [0.1, 0.15) is 32.1 Å². The van der Waals surface area contributed by atoms with Gasteiger partial charge in [0, 0.05) is 19.5 Å². The minimum atomic E-state index is -0.762. The number of unbranched alkanes of at least 4 members (excludes halogenated alkanes) is 2. The molecular formula is C12H25N3O3. The molecule has 0 rings (SSSR count). The van der Waals surface area contributed by atoms with Crippen LogP contribution in [0.15, 0.2) is 0 Å². The van der Waals surface area contributed by atoms with E-state index in [0.717, 1.165) is 25.8 Å². The third-order valence-electron chi connectivity index (χ3n) is 2.42. The average Bonchev–Trinajstić information content (AvgIpc) is 2.28. The van der Waals surface area contributed by atoms with Gasteiger partial charge in [0.2, 0.25) is 0 Å². The summed E-state index contributed by atoms with van der Waals surface area (Å²) >= 11 is 0. The number of hydrogen-bond donors (Lipinski definition) is 3. The lowest BCUT2D eigenvalue weighted by atomic mass is 10.2. The molecule has 18 heavy (non-hydrogen) atoms. The van der Waals surface area contributed by atoms with Crippen molar-refractivity contribution in [3.8, 4) is 0 Å². The van der Waals surface area contributed by atoms with Gasteiger partial charge in [0.05, 0.1) is 0 Å². The molecule has 2 amide bonds. The maximum Gasteiger partial charge on any atom is 0.314 e. The van der Waals surface area contributed by atoms with Crippen LogP contribution in [0.25, 0.3) is 0 Å². The van der Waals surface area contributed by atoms with E-state index in [1.165, 1.54) is 0 Å². The first-order valence-corrected chi connectivity index (χ1v) is 6.40. The third kappa shape index (κ3) is 12.8. The molecule has 0 aromatic carbocycles. The number of carboxylic acids is 1. The van der Waals surface area contributed by atoms with Gasteiger partial charge in [-0.25, -0.2) is 4.79 Å². The van der Waals surface area contributed by atoms with E-state index in [9.17, 15) is 9.59 Å². The maximum atomic E-state index is 11.3. The van der Waals surface area contributed by atoms with Gasteiger partial charge in [0.15, 0.2) is 0 Å². The van der Waals surface area contributed by atoms with Crippen molar-refractivity contribution in [2.75, 3.05) is 33.7 Å². The van der Waals surface area contributed by atoms with Crippen LogP contribution in [0.3, 0.4) is 0 Å². The summed E-state index contributed by atoms with van der Waals surface area (Å²) in [6, 6.07) is -0.146. The molecule has 0 unspecified atom stereocenters. The van der Waals surface area contributed by atoms with Crippen LogP contribution in [-0.4, -0.2) is 55.7 Å². The lowest BCUT2D eigenvalue weighted by molar-refractivity contribution is -0.137. The summed E-state index contributed by atoms with van der Waals surface area (Å²) in [6.07, 6.45) is 3.45. The van der Waals surface area contributed by atoms with Crippen LogP contribution >= 0.6 is 0 Å². The Morgan fingerprint density at radius 1 is 1.00 bits per heavy atom. The minimum Gasteiger partial charge on any atom is -0.481 e. The van der Waals surface area contributed by atoms with Gasteiger partial charge in [-0.15, -0.1) is 0 Å². The van der Waals surface area contributed by atoms with Crippen LogP contribution in [0, 0.1) is 0 Å². The molecule has 0 saturated heterocycles. The number of carbonyl (C=O) groups excluding carboxylic acids is 1. The SMILES string of the molecule is CN(C)CCCNC(=O)NCCCCCC(=O)O. The first-order valence-electron chi connectivity index (χ1n) is 6.40. The van der Waals surface area contributed by atoms with Crippen molar-refractivity contribution in [3.63, 3.8) is 0 Å². The maximum absolute atomic E-state index is 11.3. The number of aliphatic carboxylic acids is 1. The lowest BCUT2D eigenvalue weighted by Crippen LogP contribution is -2.37.